The Bertz CT molecular complexity index is 522. The number of nitrogens with zero attached hydrogens (tertiary/aromatic N) is 2. The molecular weight excluding hydrogens is 242 g/mol. The monoisotopic (exact) mass is 259 g/mol. The van der Waals surface area contributed by atoms with Crippen molar-refractivity contribution in [3.05, 3.63) is 33.9 Å². The number of nitriles is 1. The van der Waals surface area contributed by atoms with Crippen LogP contribution >= 0.6 is 0 Å². The highest BCUT2D eigenvalue weighted by atomic mass is 16.6. The molecule has 1 aliphatic rings. The first-order valence-electron chi connectivity index (χ1n) is 6.54. The van der Waals surface area contributed by atoms with E-state index in [1.165, 1.54) is 25.3 Å². The summed E-state index contributed by atoms with van der Waals surface area (Å²) in [6.45, 7) is 2.99. The minimum absolute atomic E-state index is 0.0234. The molecule has 1 aromatic carbocycles. The first kappa shape index (κ1) is 13.3. The van der Waals surface area contributed by atoms with Gasteiger partial charge in [-0.3, -0.25) is 10.1 Å². The zero-order valence-corrected chi connectivity index (χ0v) is 10.9. The van der Waals surface area contributed by atoms with Crippen LogP contribution in [0.5, 0.6) is 0 Å². The second-order valence-electron chi connectivity index (χ2n) is 5.15. The van der Waals surface area contributed by atoms with E-state index in [0.29, 0.717) is 23.1 Å². The number of nitrogens with one attached hydrogen (secondary N) is 1. The van der Waals surface area contributed by atoms with Crippen molar-refractivity contribution in [2.45, 2.75) is 26.2 Å². The van der Waals surface area contributed by atoms with Crippen LogP contribution in [0.25, 0.3) is 0 Å². The van der Waals surface area contributed by atoms with Crippen molar-refractivity contribution in [2.75, 3.05) is 11.9 Å². The van der Waals surface area contributed by atoms with Crippen molar-refractivity contribution >= 4 is 11.4 Å². The van der Waals surface area contributed by atoms with E-state index in [9.17, 15) is 10.1 Å². The summed E-state index contributed by atoms with van der Waals surface area (Å²) in [5.41, 5.74) is 0.791. The standard InChI is InChI=1S/C14H17N3O2/c1-10-3-2-4-12(10)9-16-13-6-5-11(8-15)7-14(13)17(18)19/h5-7,10,12,16H,2-4,9H2,1H3. The first-order valence-corrected chi connectivity index (χ1v) is 6.54. The maximum absolute atomic E-state index is 11.0. The lowest BCUT2D eigenvalue weighted by molar-refractivity contribution is -0.384. The van der Waals surface area contributed by atoms with Crippen LogP contribution in [0, 0.1) is 33.3 Å². The van der Waals surface area contributed by atoms with Gasteiger partial charge in [0.25, 0.3) is 5.69 Å². The molecular formula is C14H17N3O2. The number of benzene rings is 1. The number of hydrogen-bond donors (Lipinski definition) is 1. The summed E-state index contributed by atoms with van der Waals surface area (Å²) in [7, 11) is 0. The highest BCUT2D eigenvalue weighted by molar-refractivity contribution is 5.64. The van der Waals surface area contributed by atoms with Gasteiger partial charge in [-0.1, -0.05) is 19.8 Å². The minimum Gasteiger partial charge on any atom is -0.379 e. The Morgan fingerprint density at radius 1 is 1.53 bits per heavy atom. The van der Waals surface area contributed by atoms with Gasteiger partial charge in [0.1, 0.15) is 5.69 Å². The van der Waals surface area contributed by atoms with E-state index in [4.69, 9.17) is 5.26 Å². The molecule has 1 saturated carbocycles. The summed E-state index contributed by atoms with van der Waals surface area (Å²) >= 11 is 0. The van der Waals surface area contributed by atoms with Gasteiger partial charge in [-0.25, -0.2) is 0 Å². The van der Waals surface area contributed by atoms with Crippen molar-refractivity contribution in [3.8, 4) is 6.07 Å². The third kappa shape index (κ3) is 3.02. The Morgan fingerprint density at radius 3 is 2.89 bits per heavy atom. The van der Waals surface area contributed by atoms with Crippen molar-refractivity contribution in [1.82, 2.24) is 0 Å². The summed E-state index contributed by atoms with van der Waals surface area (Å²) in [5.74, 6) is 1.25. The molecule has 1 N–H and O–H groups in total. The molecule has 0 radical (unpaired) electrons. The minimum atomic E-state index is -0.443. The Kier molecular flexibility index (Phi) is 4.00. The average Bonchev–Trinajstić information content (AvgIpc) is 2.81. The largest absolute Gasteiger partial charge is 0.379 e. The van der Waals surface area contributed by atoms with Crippen LogP contribution in [0.3, 0.4) is 0 Å². The van der Waals surface area contributed by atoms with Gasteiger partial charge in [-0.05, 0) is 30.4 Å². The maximum Gasteiger partial charge on any atom is 0.293 e. The molecule has 100 valence electrons. The highest BCUT2D eigenvalue weighted by Crippen LogP contribution is 2.32. The fourth-order valence-electron chi connectivity index (χ4n) is 2.67. The van der Waals surface area contributed by atoms with Gasteiger partial charge in [-0.15, -0.1) is 0 Å². The number of rotatable bonds is 4. The maximum atomic E-state index is 11.0. The molecule has 1 fully saturated rings. The molecule has 5 nitrogen and oxygen atoms in total. The summed E-state index contributed by atoms with van der Waals surface area (Å²) in [5, 5.41) is 23.0. The smallest absolute Gasteiger partial charge is 0.293 e. The lowest BCUT2D eigenvalue weighted by atomic mass is 9.98. The quantitative estimate of drug-likeness (QED) is 0.664. The number of hydrogen-bond acceptors (Lipinski definition) is 4. The fraction of sp³-hybridized carbons (Fsp3) is 0.500. The predicted molar refractivity (Wildman–Crippen MR) is 72.8 cm³/mol. The molecule has 0 aliphatic heterocycles. The molecule has 0 spiro atoms. The molecule has 2 unspecified atom stereocenters. The van der Waals surface area contributed by atoms with E-state index in [1.807, 2.05) is 6.07 Å². The van der Waals surface area contributed by atoms with Gasteiger partial charge in [0, 0.05) is 12.6 Å². The molecule has 1 aliphatic carbocycles. The van der Waals surface area contributed by atoms with Crippen LogP contribution in [0.1, 0.15) is 31.7 Å². The molecule has 5 heteroatoms. The van der Waals surface area contributed by atoms with E-state index in [-0.39, 0.29) is 5.69 Å². The van der Waals surface area contributed by atoms with Crippen LogP contribution in [-0.4, -0.2) is 11.5 Å². The average molecular weight is 259 g/mol. The Hall–Kier alpha value is -2.09. The summed E-state index contributed by atoms with van der Waals surface area (Å²) in [6, 6.07) is 6.47. The zero-order chi connectivity index (χ0) is 13.8. The van der Waals surface area contributed by atoms with Gasteiger partial charge < -0.3 is 5.32 Å². The molecule has 0 amide bonds. The number of nitro groups is 1. The van der Waals surface area contributed by atoms with E-state index in [0.717, 1.165) is 6.54 Å². The fourth-order valence-corrected chi connectivity index (χ4v) is 2.67. The van der Waals surface area contributed by atoms with Gasteiger partial charge in [0.15, 0.2) is 0 Å². The third-order valence-corrected chi connectivity index (χ3v) is 3.92. The second-order valence-corrected chi connectivity index (χ2v) is 5.15. The van der Waals surface area contributed by atoms with Gasteiger partial charge >= 0.3 is 0 Å². The van der Waals surface area contributed by atoms with Crippen LogP contribution in [0.4, 0.5) is 11.4 Å². The van der Waals surface area contributed by atoms with Crippen molar-refractivity contribution in [2.24, 2.45) is 11.8 Å². The van der Waals surface area contributed by atoms with E-state index < -0.39 is 4.92 Å². The van der Waals surface area contributed by atoms with Crippen molar-refractivity contribution < 1.29 is 4.92 Å². The first-order chi connectivity index (χ1) is 9.11. The van der Waals surface area contributed by atoms with Gasteiger partial charge in [0.2, 0.25) is 0 Å². The number of anilines is 1. The van der Waals surface area contributed by atoms with Gasteiger partial charge in [0.05, 0.1) is 16.6 Å². The molecule has 0 saturated heterocycles. The SMILES string of the molecule is CC1CCCC1CNc1ccc(C#N)cc1[N+](=O)[O-]. The summed E-state index contributed by atoms with van der Waals surface area (Å²) in [6.07, 6.45) is 3.66. The molecule has 0 heterocycles. The summed E-state index contributed by atoms with van der Waals surface area (Å²) < 4.78 is 0. The molecule has 2 rings (SSSR count). The molecule has 19 heavy (non-hydrogen) atoms. The van der Waals surface area contributed by atoms with Crippen LogP contribution in [0.15, 0.2) is 18.2 Å². The lowest BCUT2D eigenvalue weighted by Crippen LogP contribution is -2.17. The third-order valence-electron chi connectivity index (χ3n) is 3.92. The molecule has 0 bridgehead atoms. The van der Waals surface area contributed by atoms with Crippen LogP contribution in [0.2, 0.25) is 0 Å². The Balaban J connectivity index is 2.11. The highest BCUT2D eigenvalue weighted by Gasteiger charge is 2.24. The zero-order valence-electron chi connectivity index (χ0n) is 10.9. The molecule has 0 aromatic heterocycles. The normalized spacial score (nSPS) is 21.9. The molecule has 1 aromatic rings. The Labute approximate surface area is 112 Å². The van der Waals surface area contributed by atoms with Crippen LogP contribution < -0.4 is 5.32 Å². The summed E-state index contributed by atoms with van der Waals surface area (Å²) in [4.78, 5) is 10.6. The second kappa shape index (κ2) is 5.70. The van der Waals surface area contributed by atoms with Gasteiger partial charge in [-0.2, -0.15) is 5.26 Å². The van der Waals surface area contributed by atoms with E-state index >= 15 is 0 Å². The lowest BCUT2D eigenvalue weighted by Gasteiger charge is -2.16. The van der Waals surface area contributed by atoms with Crippen LogP contribution in [-0.2, 0) is 0 Å². The van der Waals surface area contributed by atoms with Crippen molar-refractivity contribution in [3.63, 3.8) is 0 Å². The molecule has 2 atom stereocenters. The van der Waals surface area contributed by atoms with Crippen molar-refractivity contribution in [1.29, 1.82) is 5.26 Å². The van der Waals surface area contributed by atoms with E-state index in [2.05, 4.69) is 12.2 Å². The predicted octanol–water partition coefficient (Wildman–Crippen LogP) is 3.31. The number of nitro benzene ring substituents is 1. The Morgan fingerprint density at radius 2 is 2.32 bits per heavy atom. The topological polar surface area (TPSA) is 79.0 Å². The van der Waals surface area contributed by atoms with E-state index in [1.54, 1.807) is 12.1 Å².